The standard InChI is InChI=1S/C11H16N4OS/c1-7-5-9(17-8(7)2)6-13-11-15-14-10(16-11)3-4-12/h5H,3-4,6,12H2,1-2H3,(H,13,15). The number of hydrogen-bond donors (Lipinski definition) is 2. The summed E-state index contributed by atoms with van der Waals surface area (Å²) in [5, 5.41) is 10.9. The summed E-state index contributed by atoms with van der Waals surface area (Å²) in [6.45, 7) is 5.46. The maximum atomic E-state index is 5.41. The van der Waals surface area contributed by atoms with E-state index in [0.29, 0.717) is 31.4 Å². The summed E-state index contributed by atoms with van der Waals surface area (Å²) in [4.78, 5) is 2.61. The van der Waals surface area contributed by atoms with Gasteiger partial charge < -0.3 is 15.5 Å². The molecule has 0 amide bonds. The Hall–Kier alpha value is -1.40. The molecular weight excluding hydrogens is 236 g/mol. The molecule has 17 heavy (non-hydrogen) atoms. The van der Waals surface area contributed by atoms with Crippen LogP contribution in [-0.4, -0.2) is 16.7 Å². The number of thiophene rings is 1. The van der Waals surface area contributed by atoms with E-state index in [-0.39, 0.29) is 0 Å². The molecule has 0 saturated carbocycles. The predicted octanol–water partition coefficient (Wildman–Crippen LogP) is 1.86. The molecule has 2 aromatic rings. The number of anilines is 1. The van der Waals surface area contributed by atoms with E-state index >= 15 is 0 Å². The normalized spacial score (nSPS) is 10.8. The van der Waals surface area contributed by atoms with Gasteiger partial charge in [-0.15, -0.1) is 16.4 Å². The van der Waals surface area contributed by atoms with Crippen LogP contribution in [0.1, 0.15) is 21.2 Å². The summed E-state index contributed by atoms with van der Waals surface area (Å²) in [6.07, 6.45) is 0.617. The zero-order valence-electron chi connectivity index (χ0n) is 9.99. The van der Waals surface area contributed by atoms with Gasteiger partial charge in [-0.25, -0.2) is 0 Å². The molecule has 5 nitrogen and oxygen atoms in total. The Morgan fingerprint density at radius 2 is 2.24 bits per heavy atom. The zero-order valence-corrected chi connectivity index (χ0v) is 10.8. The lowest BCUT2D eigenvalue weighted by molar-refractivity contribution is 0.506. The van der Waals surface area contributed by atoms with Crippen LogP contribution in [-0.2, 0) is 13.0 Å². The van der Waals surface area contributed by atoms with E-state index in [2.05, 4.69) is 35.4 Å². The topological polar surface area (TPSA) is 77.0 Å². The first kappa shape index (κ1) is 12.1. The molecule has 0 saturated heterocycles. The number of nitrogens with two attached hydrogens (primary N) is 1. The fraction of sp³-hybridized carbons (Fsp3) is 0.455. The summed E-state index contributed by atoms with van der Waals surface area (Å²) in [6, 6.07) is 2.63. The minimum absolute atomic E-state index is 0.456. The molecule has 0 unspecified atom stereocenters. The van der Waals surface area contributed by atoms with Gasteiger partial charge in [0, 0.05) is 22.7 Å². The zero-order chi connectivity index (χ0) is 12.3. The Morgan fingerprint density at radius 1 is 1.41 bits per heavy atom. The van der Waals surface area contributed by atoms with E-state index in [0.717, 1.165) is 0 Å². The fourth-order valence-electron chi connectivity index (χ4n) is 1.45. The second-order valence-electron chi connectivity index (χ2n) is 3.85. The fourth-order valence-corrected chi connectivity index (χ4v) is 2.44. The van der Waals surface area contributed by atoms with Crippen molar-refractivity contribution in [3.8, 4) is 0 Å². The second kappa shape index (κ2) is 5.29. The molecule has 0 atom stereocenters. The highest BCUT2D eigenvalue weighted by atomic mass is 32.1. The van der Waals surface area contributed by atoms with Crippen molar-refractivity contribution in [3.05, 3.63) is 27.3 Å². The summed E-state index contributed by atoms with van der Waals surface area (Å²) < 4.78 is 5.37. The molecule has 2 heterocycles. The molecule has 6 heteroatoms. The number of hydrogen-bond acceptors (Lipinski definition) is 6. The summed E-state index contributed by atoms with van der Waals surface area (Å²) in [5.41, 5.74) is 6.73. The molecule has 0 aromatic carbocycles. The third kappa shape index (κ3) is 3.04. The first-order valence-electron chi connectivity index (χ1n) is 5.51. The van der Waals surface area contributed by atoms with Crippen molar-refractivity contribution in [2.24, 2.45) is 5.73 Å². The lowest BCUT2D eigenvalue weighted by Crippen LogP contribution is -2.02. The molecule has 2 aromatic heterocycles. The van der Waals surface area contributed by atoms with Crippen LogP contribution in [0.3, 0.4) is 0 Å². The van der Waals surface area contributed by atoms with Gasteiger partial charge in [0.05, 0.1) is 6.54 Å². The smallest absolute Gasteiger partial charge is 0.315 e. The van der Waals surface area contributed by atoms with Gasteiger partial charge in [-0.3, -0.25) is 0 Å². The molecule has 3 N–H and O–H groups in total. The van der Waals surface area contributed by atoms with Gasteiger partial charge in [0.1, 0.15) is 0 Å². The van der Waals surface area contributed by atoms with Crippen LogP contribution in [0.4, 0.5) is 6.01 Å². The van der Waals surface area contributed by atoms with Crippen molar-refractivity contribution in [2.75, 3.05) is 11.9 Å². The maximum absolute atomic E-state index is 5.41. The van der Waals surface area contributed by atoms with Crippen molar-refractivity contribution in [2.45, 2.75) is 26.8 Å². The van der Waals surface area contributed by atoms with Crippen molar-refractivity contribution in [1.82, 2.24) is 10.2 Å². The molecule has 0 fully saturated rings. The van der Waals surface area contributed by atoms with Crippen molar-refractivity contribution in [1.29, 1.82) is 0 Å². The van der Waals surface area contributed by atoms with Crippen LogP contribution in [0, 0.1) is 13.8 Å². The minimum Gasteiger partial charge on any atom is -0.408 e. The number of nitrogens with one attached hydrogen (secondary N) is 1. The quantitative estimate of drug-likeness (QED) is 0.849. The van der Waals surface area contributed by atoms with Gasteiger partial charge in [0.25, 0.3) is 0 Å². The second-order valence-corrected chi connectivity index (χ2v) is 5.19. The van der Waals surface area contributed by atoms with Gasteiger partial charge in [-0.05, 0) is 25.5 Å². The van der Waals surface area contributed by atoms with Crippen LogP contribution in [0.25, 0.3) is 0 Å². The third-order valence-electron chi connectivity index (χ3n) is 2.46. The molecule has 0 spiro atoms. The van der Waals surface area contributed by atoms with Crippen molar-refractivity contribution in [3.63, 3.8) is 0 Å². The highest BCUT2D eigenvalue weighted by Crippen LogP contribution is 2.21. The number of nitrogens with zero attached hydrogens (tertiary/aromatic N) is 2. The van der Waals surface area contributed by atoms with Crippen LogP contribution in [0.5, 0.6) is 0 Å². The molecular formula is C11H16N4OS. The molecule has 0 aliphatic heterocycles. The highest BCUT2D eigenvalue weighted by Gasteiger charge is 2.06. The van der Waals surface area contributed by atoms with E-state index in [9.17, 15) is 0 Å². The first-order valence-corrected chi connectivity index (χ1v) is 6.33. The minimum atomic E-state index is 0.456. The Labute approximate surface area is 104 Å². The highest BCUT2D eigenvalue weighted by molar-refractivity contribution is 7.12. The Balaban J connectivity index is 1.92. The number of rotatable bonds is 5. The Kier molecular flexibility index (Phi) is 3.75. The molecule has 2 rings (SSSR count). The van der Waals surface area contributed by atoms with E-state index in [4.69, 9.17) is 10.2 Å². The SMILES string of the molecule is Cc1cc(CNc2nnc(CCN)o2)sc1C. The average Bonchev–Trinajstić information content (AvgIpc) is 2.85. The van der Waals surface area contributed by atoms with Crippen LogP contribution >= 0.6 is 11.3 Å². The lowest BCUT2D eigenvalue weighted by Gasteiger charge is -1.97. The molecule has 92 valence electrons. The van der Waals surface area contributed by atoms with E-state index in [1.54, 1.807) is 11.3 Å². The predicted molar refractivity (Wildman–Crippen MR) is 68.2 cm³/mol. The van der Waals surface area contributed by atoms with Gasteiger partial charge in [-0.2, -0.15) is 0 Å². The van der Waals surface area contributed by atoms with Gasteiger partial charge in [-0.1, -0.05) is 5.10 Å². The third-order valence-corrected chi connectivity index (χ3v) is 3.61. The van der Waals surface area contributed by atoms with Gasteiger partial charge in [0.2, 0.25) is 5.89 Å². The summed E-state index contributed by atoms with van der Waals surface area (Å²) in [7, 11) is 0. The van der Waals surface area contributed by atoms with Crippen LogP contribution in [0.15, 0.2) is 10.5 Å². The first-order chi connectivity index (χ1) is 8.19. The number of aryl methyl sites for hydroxylation is 2. The monoisotopic (exact) mass is 252 g/mol. The largest absolute Gasteiger partial charge is 0.408 e. The van der Waals surface area contributed by atoms with E-state index < -0.39 is 0 Å². The van der Waals surface area contributed by atoms with Crippen LogP contribution < -0.4 is 11.1 Å². The van der Waals surface area contributed by atoms with Crippen LogP contribution in [0.2, 0.25) is 0 Å². The number of aromatic nitrogens is 2. The Morgan fingerprint density at radius 3 is 2.88 bits per heavy atom. The Bertz CT molecular complexity index is 472. The van der Waals surface area contributed by atoms with Crippen molar-refractivity contribution >= 4 is 17.4 Å². The van der Waals surface area contributed by atoms with E-state index in [1.165, 1.54) is 15.3 Å². The summed E-state index contributed by atoms with van der Waals surface area (Å²) >= 11 is 1.78. The van der Waals surface area contributed by atoms with E-state index in [1.807, 2.05) is 0 Å². The molecule has 0 aliphatic rings. The molecule has 0 bridgehead atoms. The molecule has 0 radical (unpaired) electrons. The summed E-state index contributed by atoms with van der Waals surface area (Å²) in [5.74, 6) is 0.577. The maximum Gasteiger partial charge on any atom is 0.315 e. The average molecular weight is 252 g/mol. The van der Waals surface area contributed by atoms with Gasteiger partial charge >= 0.3 is 6.01 Å². The lowest BCUT2D eigenvalue weighted by atomic mass is 10.3. The van der Waals surface area contributed by atoms with Gasteiger partial charge in [0.15, 0.2) is 0 Å². The molecule has 0 aliphatic carbocycles. The van der Waals surface area contributed by atoms with Crippen molar-refractivity contribution < 1.29 is 4.42 Å².